The van der Waals surface area contributed by atoms with E-state index in [1.54, 1.807) is 17.3 Å². The van der Waals surface area contributed by atoms with Crippen LogP contribution in [0.15, 0.2) is 54.9 Å². The Bertz CT molecular complexity index is 931. The lowest BCUT2D eigenvalue weighted by molar-refractivity contribution is 0.0480. The number of hydrogen-bond acceptors (Lipinski definition) is 5. The average molecular weight is 452 g/mol. The van der Waals surface area contributed by atoms with Crippen LogP contribution >= 0.6 is 0 Å². The Morgan fingerprint density at radius 1 is 1.03 bits per heavy atom. The summed E-state index contributed by atoms with van der Waals surface area (Å²) in [5.41, 5.74) is 1.18. The number of aromatic nitrogens is 1. The summed E-state index contributed by atoms with van der Waals surface area (Å²) < 4.78 is 11.3. The lowest BCUT2D eigenvalue weighted by atomic mass is 9.90. The molecular formula is C26H33N3O4. The molecule has 2 bridgehead atoms. The van der Waals surface area contributed by atoms with Crippen LogP contribution in [0.4, 0.5) is 15.3 Å². The molecule has 2 fully saturated rings. The Morgan fingerprint density at radius 3 is 2.27 bits per heavy atom. The first kappa shape index (κ1) is 23.1. The van der Waals surface area contributed by atoms with Gasteiger partial charge in [-0.2, -0.15) is 0 Å². The standard InChI is InChI=1S/C26H33N3O4/c1-26(2,3)33-24(30)28(21-11-13-27-14-12-21)17-20-15-22-9-10-23(16-20)29(22)25(31)32-18-19-7-5-4-6-8-19/h4-8,11-14,20,22-23H,9-10,15-18H2,1-3H3. The van der Waals surface area contributed by atoms with Crippen molar-refractivity contribution in [3.05, 3.63) is 60.4 Å². The van der Waals surface area contributed by atoms with Crippen LogP contribution in [0.5, 0.6) is 0 Å². The molecule has 7 heteroatoms. The van der Waals surface area contributed by atoms with Gasteiger partial charge in [-0.3, -0.25) is 9.88 Å². The number of benzene rings is 1. The van der Waals surface area contributed by atoms with Crippen molar-refractivity contribution in [3.63, 3.8) is 0 Å². The van der Waals surface area contributed by atoms with Crippen molar-refractivity contribution in [2.75, 3.05) is 11.4 Å². The zero-order chi connectivity index (χ0) is 23.4. The minimum atomic E-state index is -0.576. The third-order valence-corrected chi connectivity index (χ3v) is 6.28. The van der Waals surface area contributed by atoms with E-state index in [2.05, 4.69) is 4.98 Å². The predicted octanol–water partition coefficient (Wildman–Crippen LogP) is 5.40. The minimum Gasteiger partial charge on any atom is -0.445 e. The Kier molecular flexibility index (Phi) is 6.86. The van der Waals surface area contributed by atoms with Crippen molar-refractivity contribution in [2.45, 2.75) is 70.7 Å². The predicted molar refractivity (Wildman–Crippen MR) is 126 cm³/mol. The molecule has 2 aromatic rings. The van der Waals surface area contributed by atoms with Crippen LogP contribution in [-0.2, 0) is 16.1 Å². The topological polar surface area (TPSA) is 72.0 Å². The van der Waals surface area contributed by atoms with E-state index in [9.17, 15) is 9.59 Å². The largest absolute Gasteiger partial charge is 0.445 e. The maximum absolute atomic E-state index is 13.0. The highest BCUT2D eigenvalue weighted by Crippen LogP contribution is 2.40. The van der Waals surface area contributed by atoms with E-state index in [1.165, 1.54) is 0 Å². The summed E-state index contributed by atoms with van der Waals surface area (Å²) in [7, 11) is 0. The molecule has 0 spiro atoms. The Labute approximate surface area is 195 Å². The summed E-state index contributed by atoms with van der Waals surface area (Å²) in [6.45, 7) is 6.45. The van der Waals surface area contributed by atoms with Crippen molar-refractivity contribution in [1.29, 1.82) is 0 Å². The van der Waals surface area contributed by atoms with E-state index in [0.717, 1.165) is 36.9 Å². The van der Waals surface area contributed by atoms with E-state index >= 15 is 0 Å². The van der Waals surface area contributed by atoms with Crippen molar-refractivity contribution < 1.29 is 19.1 Å². The van der Waals surface area contributed by atoms with Gasteiger partial charge >= 0.3 is 12.2 Å². The third-order valence-electron chi connectivity index (χ3n) is 6.28. The van der Waals surface area contributed by atoms with Crippen LogP contribution in [0.3, 0.4) is 0 Å². The second-order valence-electron chi connectivity index (χ2n) is 9.97. The van der Waals surface area contributed by atoms with E-state index in [0.29, 0.717) is 6.54 Å². The second kappa shape index (κ2) is 9.81. The number of amides is 2. The van der Waals surface area contributed by atoms with Gasteiger partial charge in [0.1, 0.15) is 12.2 Å². The number of piperidine rings is 1. The van der Waals surface area contributed by atoms with Gasteiger partial charge in [-0.1, -0.05) is 30.3 Å². The third kappa shape index (κ3) is 5.83. The highest BCUT2D eigenvalue weighted by atomic mass is 16.6. The number of fused-ring (bicyclic) bond motifs is 2. The second-order valence-corrected chi connectivity index (χ2v) is 9.97. The van der Waals surface area contributed by atoms with Gasteiger partial charge in [0, 0.05) is 31.0 Å². The Morgan fingerprint density at radius 2 is 1.67 bits per heavy atom. The zero-order valence-electron chi connectivity index (χ0n) is 19.6. The average Bonchev–Trinajstić information content (AvgIpc) is 3.06. The fourth-order valence-electron chi connectivity index (χ4n) is 4.92. The normalized spacial score (nSPS) is 22.0. The van der Waals surface area contributed by atoms with Crippen LogP contribution in [0.1, 0.15) is 52.0 Å². The van der Waals surface area contributed by atoms with Crippen molar-refractivity contribution in [1.82, 2.24) is 9.88 Å². The fraction of sp³-hybridized carbons (Fsp3) is 0.500. The molecule has 2 aliphatic rings. The van der Waals surface area contributed by atoms with Gasteiger partial charge in [0.2, 0.25) is 0 Å². The first-order chi connectivity index (χ1) is 15.8. The van der Waals surface area contributed by atoms with Crippen LogP contribution < -0.4 is 4.90 Å². The monoisotopic (exact) mass is 451 g/mol. The summed E-state index contributed by atoms with van der Waals surface area (Å²) in [5, 5.41) is 0. The number of rotatable bonds is 5. The van der Waals surface area contributed by atoms with Crippen LogP contribution in [0, 0.1) is 5.92 Å². The molecule has 33 heavy (non-hydrogen) atoms. The minimum absolute atomic E-state index is 0.148. The molecule has 1 aromatic carbocycles. The zero-order valence-corrected chi connectivity index (χ0v) is 19.6. The number of ether oxygens (including phenoxy) is 2. The SMILES string of the molecule is CC(C)(C)OC(=O)N(CC1CC2CCC(C1)N2C(=O)OCc1ccccc1)c1ccncc1. The molecule has 0 aliphatic carbocycles. The maximum atomic E-state index is 13.0. The molecule has 0 N–H and O–H groups in total. The van der Waals surface area contributed by atoms with Gasteiger partial charge in [-0.15, -0.1) is 0 Å². The van der Waals surface area contributed by atoms with Gasteiger partial charge in [-0.05, 0) is 70.1 Å². The van der Waals surface area contributed by atoms with Crippen molar-refractivity contribution >= 4 is 17.9 Å². The number of carbonyl (C=O) groups excluding carboxylic acids is 2. The lowest BCUT2D eigenvalue weighted by Crippen LogP contribution is -2.49. The Hall–Kier alpha value is -3.09. The van der Waals surface area contributed by atoms with Gasteiger partial charge in [0.25, 0.3) is 0 Å². The van der Waals surface area contributed by atoms with Crippen LogP contribution in [0.2, 0.25) is 0 Å². The first-order valence-corrected chi connectivity index (χ1v) is 11.7. The van der Waals surface area contributed by atoms with Gasteiger partial charge in [-0.25, -0.2) is 9.59 Å². The number of nitrogens with zero attached hydrogens (tertiary/aromatic N) is 3. The van der Waals surface area contributed by atoms with Gasteiger partial charge < -0.3 is 14.4 Å². The molecule has 0 radical (unpaired) electrons. The molecule has 2 unspecified atom stereocenters. The van der Waals surface area contributed by atoms with Crippen molar-refractivity contribution in [2.24, 2.45) is 5.92 Å². The molecule has 7 nitrogen and oxygen atoms in total. The van der Waals surface area contributed by atoms with E-state index in [1.807, 2.05) is 68.1 Å². The van der Waals surface area contributed by atoms with E-state index < -0.39 is 5.60 Å². The first-order valence-electron chi connectivity index (χ1n) is 11.7. The molecule has 0 saturated carbocycles. The molecule has 2 atom stereocenters. The molecule has 2 saturated heterocycles. The lowest BCUT2D eigenvalue weighted by Gasteiger charge is -2.40. The number of hydrogen-bond donors (Lipinski definition) is 0. The fourth-order valence-corrected chi connectivity index (χ4v) is 4.92. The summed E-state index contributed by atoms with van der Waals surface area (Å²) in [6, 6.07) is 13.7. The molecule has 4 rings (SSSR count). The highest BCUT2D eigenvalue weighted by molar-refractivity contribution is 5.87. The highest BCUT2D eigenvalue weighted by Gasteiger charge is 2.44. The molecule has 176 valence electrons. The van der Waals surface area contributed by atoms with Crippen LogP contribution in [0.25, 0.3) is 0 Å². The molecule has 2 amide bonds. The molecule has 2 aliphatic heterocycles. The smallest absolute Gasteiger partial charge is 0.414 e. The summed E-state index contributed by atoms with van der Waals surface area (Å²) >= 11 is 0. The summed E-state index contributed by atoms with van der Waals surface area (Å²) in [5.74, 6) is 0.279. The van der Waals surface area contributed by atoms with Gasteiger partial charge in [0.05, 0.1) is 5.69 Å². The number of carbonyl (C=O) groups is 2. The quantitative estimate of drug-likeness (QED) is 0.608. The van der Waals surface area contributed by atoms with E-state index in [4.69, 9.17) is 9.47 Å². The van der Waals surface area contributed by atoms with Crippen LogP contribution in [-0.4, -0.2) is 46.3 Å². The van der Waals surface area contributed by atoms with E-state index in [-0.39, 0.29) is 36.8 Å². The Balaban J connectivity index is 1.40. The number of pyridine rings is 1. The summed E-state index contributed by atoms with van der Waals surface area (Å²) in [4.78, 5) is 33.6. The van der Waals surface area contributed by atoms with Gasteiger partial charge in [0.15, 0.2) is 0 Å². The van der Waals surface area contributed by atoms with Crippen molar-refractivity contribution in [3.8, 4) is 0 Å². The maximum Gasteiger partial charge on any atom is 0.414 e. The summed E-state index contributed by atoms with van der Waals surface area (Å²) in [6.07, 6.45) is 6.42. The molecule has 1 aromatic heterocycles. The molecular weight excluding hydrogens is 418 g/mol. The molecule has 3 heterocycles. The number of anilines is 1.